The van der Waals surface area contributed by atoms with Crippen molar-refractivity contribution in [2.45, 2.75) is 25.7 Å². The normalized spacial score (nSPS) is 11.8. The van der Waals surface area contributed by atoms with Crippen LogP contribution < -0.4 is 5.73 Å². The molecule has 0 radical (unpaired) electrons. The van der Waals surface area contributed by atoms with Crippen LogP contribution in [0.25, 0.3) is 11.3 Å². The lowest BCUT2D eigenvalue weighted by atomic mass is 9.90. The van der Waals surface area contributed by atoms with Crippen LogP contribution in [0, 0.1) is 0 Å². The second-order valence-corrected chi connectivity index (χ2v) is 6.65. The third-order valence-electron chi connectivity index (χ3n) is 3.00. The molecular formula is C14H17BrN2S. The maximum absolute atomic E-state index is 5.66. The van der Waals surface area contributed by atoms with E-state index in [1.807, 2.05) is 18.2 Å². The molecule has 0 unspecified atom stereocenters. The molecule has 0 saturated carbocycles. The van der Waals surface area contributed by atoms with Crippen LogP contribution in [0.1, 0.15) is 25.3 Å². The molecule has 2 rings (SSSR count). The Labute approximate surface area is 120 Å². The number of halogens is 1. The molecule has 0 aliphatic rings. The predicted octanol–water partition coefficient (Wildman–Crippen LogP) is 4.20. The smallest absolute Gasteiger partial charge is 0.0989 e. The van der Waals surface area contributed by atoms with E-state index in [0.717, 1.165) is 27.2 Å². The van der Waals surface area contributed by atoms with Crippen LogP contribution >= 0.6 is 27.3 Å². The van der Waals surface area contributed by atoms with E-state index in [1.165, 1.54) is 0 Å². The van der Waals surface area contributed by atoms with Crippen LogP contribution in [0.5, 0.6) is 0 Å². The Morgan fingerprint density at radius 3 is 2.72 bits per heavy atom. The van der Waals surface area contributed by atoms with E-state index in [9.17, 15) is 0 Å². The predicted molar refractivity (Wildman–Crippen MR) is 81.9 cm³/mol. The van der Waals surface area contributed by atoms with Gasteiger partial charge in [-0.2, -0.15) is 0 Å². The summed E-state index contributed by atoms with van der Waals surface area (Å²) in [6.07, 6.45) is 0.954. The average molecular weight is 325 g/mol. The molecule has 2 aromatic rings. The number of thiazole rings is 1. The highest BCUT2D eigenvalue weighted by Crippen LogP contribution is 2.34. The monoisotopic (exact) mass is 324 g/mol. The quantitative estimate of drug-likeness (QED) is 0.915. The van der Waals surface area contributed by atoms with E-state index < -0.39 is 0 Å². The number of rotatable bonds is 4. The fourth-order valence-electron chi connectivity index (χ4n) is 1.85. The van der Waals surface area contributed by atoms with Gasteiger partial charge in [-0.15, -0.1) is 11.3 Å². The van der Waals surface area contributed by atoms with Crippen LogP contribution in [0.4, 0.5) is 0 Å². The zero-order valence-corrected chi connectivity index (χ0v) is 13.0. The van der Waals surface area contributed by atoms with Crippen LogP contribution in [0.3, 0.4) is 0 Å². The van der Waals surface area contributed by atoms with E-state index in [4.69, 9.17) is 10.7 Å². The topological polar surface area (TPSA) is 38.9 Å². The minimum atomic E-state index is 0.0545. The average Bonchev–Trinajstić information content (AvgIpc) is 2.79. The Morgan fingerprint density at radius 2 is 2.06 bits per heavy atom. The van der Waals surface area contributed by atoms with Crippen molar-refractivity contribution in [3.8, 4) is 11.3 Å². The van der Waals surface area contributed by atoms with Crippen molar-refractivity contribution in [3.05, 3.63) is 39.1 Å². The summed E-state index contributed by atoms with van der Waals surface area (Å²) in [6, 6.07) is 8.17. The molecule has 1 heterocycles. The van der Waals surface area contributed by atoms with Gasteiger partial charge >= 0.3 is 0 Å². The first kappa shape index (κ1) is 13.7. The van der Waals surface area contributed by atoms with Crippen molar-refractivity contribution in [3.63, 3.8) is 0 Å². The van der Waals surface area contributed by atoms with Crippen molar-refractivity contribution in [1.82, 2.24) is 4.98 Å². The first-order chi connectivity index (χ1) is 8.54. The second-order valence-electron chi connectivity index (χ2n) is 4.94. The zero-order chi connectivity index (χ0) is 13.2. The molecule has 0 aliphatic carbocycles. The van der Waals surface area contributed by atoms with E-state index in [1.54, 1.807) is 11.3 Å². The second kappa shape index (κ2) is 5.51. The molecule has 18 heavy (non-hydrogen) atoms. The molecule has 96 valence electrons. The molecule has 2 N–H and O–H groups in total. The van der Waals surface area contributed by atoms with Crippen LogP contribution in [0.2, 0.25) is 0 Å². The molecule has 2 nitrogen and oxygen atoms in total. The van der Waals surface area contributed by atoms with Gasteiger partial charge in [0.2, 0.25) is 0 Å². The van der Waals surface area contributed by atoms with E-state index >= 15 is 0 Å². The van der Waals surface area contributed by atoms with Crippen molar-refractivity contribution in [2.24, 2.45) is 5.73 Å². The van der Waals surface area contributed by atoms with Crippen molar-refractivity contribution in [1.29, 1.82) is 0 Å². The number of hydrogen-bond donors (Lipinski definition) is 1. The molecule has 0 amide bonds. The molecule has 1 aromatic heterocycles. The maximum atomic E-state index is 5.66. The summed E-state index contributed by atoms with van der Waals surface area (Å²) in [5, 5.41) is 3.27. The highest BCUT2D eigenvalue weighted by atomic mass is 79.9. The van der Waals surface area contributed by atoms with Gasteiger partial charge in [0.05, 0.1) is 10.7 Å². The van der Waals surface area contributed by atoms with Gasteiger partial charge in [-0.3, -0.25) is 0 Å². The summed E-state index contributed by atoms with van der Waals surface area (Å²) in [4.78, 5) is 4.76. The molecule has 4 heteroatoms. The first-order valence-electron chi connectivity index (χ1n) is 5.95. The number of benzene rings is 1. The fraction of sp³-hybridized carbons (Fsp3) is 0.357. The SMILES string of the molecule is CC(C)(CCN)c1nc(-c2ccccc2Br)cs1. The molecular weight excluding hydrogens is 308 g/mol. The van der Waals surface area contributed by atoms with Gasteiger partial charge in [-0.1, -0.05) is 48.0 Å². The first-order valence-corrected chi connectivity index (χ1v) is 7.63. The largest absolute Gasteiger partial charge is 0.330 e. The summed E-state index contributed by atoms with van der Waals surface area (Å²) < 4.78 is 1.08. The number of aromatic nitrogens is 1. The van der Waals surface area contributed by atoms with Crippen molar-refractivity contribution < 1.29 is 0 Å². The fourth-order valence-corrected chi connectivity index (χ4v) is 3.31. The van der Waals surface area contributed by atoms with Gasteiger partial charge in [0, 0.05) is 20.8 Å². The molecule has 0 saturated heterocycles. The number of hydrogen-bond acceptors (Lipinski definition) is 3. The van der Waals surface area contributed by atoms with Gasteiger partial charge in [0.25, 0.3) is 0 Å². The standard InChI is InChI=1S/C14H17BrN2S/c1-14(2,7-8-16)13-17-12(9-18-13)10-5-3-4-6-11(10)15/h3-6,9H,7-8,16H2,1-2H3. The Bertz CT molecular complexity index is 534. The van der Waals surface area contributed by atoms with Crippen molar-refractivity contribution >= 4 is 27.3 Å². The third kappa shape index (κ3) is 2.82. The highest BCUT2D eigenvalue weighted by molar-refractivity contribution is 9.10. The summed E-state index contributed by atoms with van der Waals surface area (Å²) in [7, 11) is 0. The molecule has 0 fully saturated rings. The van der Waals surface area contributed by atoms with E-state index in [2.05, 4.69) is 41.2 Å². The lowest BCUT2D eigenvalue weighted by Crippen LogP contribution is -2.21. The lowest BCUT2D eigenvalue weighted by Gasteiger charge is -2.20. The Kier molecular flexibility index (Phi) is 4.20. The minimum absolute atomic E-state index is 0.0545. The minimum Gasteiger partial charge on any atom is -0.330 e. The van der Waals surface area contributed by atoms with E-state index in [-0.39, 0.29) is 5.41 Å². The molecule has 1 aromatic carbocycles. The number of nitrogens with zero attached hydrogens (tertiary/aromatic N) is 1. The van der Waals surface area contributed by atoms with Gasteiger partial charge < -0.3 is 5.73 Å². The summed E-state index contributed by atoms with van der Waals surface area (Å²) >= 11 is 5.28. The van der Waals surface area contributed by atoms with Crippen molar-refractivity contribution in [2.75, 3.05) is 6.54 Å². The summed E-state index contributed by atoms with van der Waals surface area (Å²) in [5.74, 6) is 0. The third-order valence-corrected chi connectivity index (χ3v) is 4.90. The Hall–Kier alpha value is -0.710. The Balaban J connectivity index is 2.34. The molecule has 0 bridgehead atoms. The van der Waals surface area contributed by atoms with E-state index in [0.29, 0.717) is 6.54 Å². The lowest BCUT2D eigenvalue weighted by molar-refractivity contribution is 0.485. The number of nitrogens with two attached hydrogens (primary N) is 1. The van der Waals surface area contributed by atoms with Crippen LogP contribution in [0.15, 0.2) is 34.1 Å². The highest BCUT2D eigenvalue weighted by Gasteiger charge is 2.23. The van der Waals surface area contributed by atoms with Crippen LogP contribution in [-0.4, -0.2) is 11.5 Å². The van der Waals surface area contributed by atoms with Gasteiger partial charge in [0.1, 0.15) is 0 Å². The maximum Gasteiger partial charge on any atom is 0.0989 e. The summed E-state index contributed by atoms with van der Waals surface area (Å²) in [6.45, 7) is 5.09. The van der Waals surface area contributed by atoms with Gasteiger partial charge in [-0.25, -0.2) is 4.98 Å². The molecule has 0 spiro atoms. The van der Waals surface area contributed by atoms with Gasteiger partial charge in [0.15, 0.2) is 0 Å². The molecule has 0 aliphatic heterocycles. The van der Waals surface area contributed by atoms with Crippen LogP contribution in [-0.2, 0) is 5.41 Å². The molecule has 0 atom stereocenters. The Morgan fingerprint density at radius 1 is 1.33 bits per heavy atom. The summed E-state index contributed by atoms with van der Waals surface area (Å²) in [5.41, 5.74) is 7.89. The van der Waals surface area contributed by atoms with Gasteiger partial charge in [-0.05, 0) is 19.0 Å². The zero-order valence-electron chi connectivity index (χ0n) is 10.6.